The lowest BCUT2D eigenvalue weighted by Crippen LogP contribution is -2.46. The molecule has 2 heterocycles. The monoisotopic (exact) mass is 320 g/mol. The van der Waals surface area contributed by atoms with Crippen LogP contribution >= 0.6 is 11.3 Å². The standard InChI is InChI=1S/C16H24N4OS/c1-6-12-14(22-11(2)18-12)15(21)19-13(16(3,4)5)9-20-8-7-17-10-20/h7-8,10,13H,6,9H2,1-5H3,(H,19,21). The summed E-state index contributed by atoms with van der Waals surface area (Å²) in [7, 11) is 0. The number of thiazole rings is 1. The van der Waals surface area contributed by atoms with Gasteiger partial charge in [0.1, 0.15) is 4.88 Å². The van der Waals surface area contributed by atoms with E-state index in [1.54, 1.807) is 12.5 Å². The zero-order valence-corrected chi connectivity index (χ0v) is 14.7. The van der Waals surface area contributed by atoms with Crippen molar-refractivity contribution < 1.29 is 4.79 Å². The Morgan fingerprint density at radius 1 is 1.45 bits per heavy atom. The number of aromatic nitrogens is 3. The predicted molar refractivity (Wildman–Crippen MR) is 89.2 cm³/mol. The number of rotatable bonds is 5. The Hall–Kier alpha value is -1.69. The van der Waals surface area contributed by atoms with Crippen LogP contribution in [0.5, 0.6) is 0 Å². The van der Waals surface area contributed by atoms with E-state index >= 15 is 0 Å². The molecule has 2 rings (SSSR count). The maximum atomic E-state index is 12.7. The van der Waals surface area contributed by atoms with Gasteiger partial charge in [0, 0.05) is 18.9 Å². The lowest BCUT2D eigenvalue weighted by Gasteiger charge is -2.31. The van der Waals surface area contributed by atoms with Crippen LogP contribution in [0.15, 0.2) is 18.7 Å². The Morgan fingerprint density at radius 3 is 2.73 bits per heavy atom. The molecule has 0 bridgehead atoms. The summed E-state index contributed by atoms with van der Waals surface area (Å²) in [5, 5.41) is 4.12. The number of hydrogen-bond donors (Lipinski definition) is 1. The molecule has 0 fully saturated rings. The minimum absolute atomic E-state index is 0.0151. The van der Waals surface area contributed by atoms with Crippen molar-refractivity contribution in [3.8, 4) is 0 Å². The molecule has 0 aliphatic rings. The summed E-state index contributed by atoms with van der Waals surface area (Å²) in [6, 6.07) is 0.0151. The summed E-state index contributed by atoms with van der Waals surface area (Å²) in [6.45, 7) is 11.1. The molecule has 1 N–H and O–H groups in total. The Labute approximate surface area is 135 Å². The number of carbonyl (C=O) groups is 1. The number of nitrogens with zero attached hydrogens (tertiary/aromatic N) is 3. The summed E-state index contributed by atoms with van der Waals surface area (Å²) in [4.78, 5) is 21.9. The summed E-state index contributed by atoms with van der Waals surface area (Å²) < 4.78 is 1.99. The number of hydrogen-bond acceptors (Lipinski definition) is 4. The van der Waals surface area contributed by atoms with Crippen LogP contribution in [0.3, 0.4) is 0 Å². The van der Waals surface area contributed by atoms with Crippen molar-refractivity contribution in [1.29, 1.82) is 0 Å². The quantitative estimate of drug-likeness (QED) is 0.921. The van der Waals surface area contributed by atoms with Gasteiger partial charge in [-0.05, 0) is 18.8 Å². The molecule has 0 aromatic carbocycles. The topological polar surface area (TPSA) is 59.8 Å². The highest BCUT2D eigenvalue weighted by Gasteiger charge is 2.28. The molecule has 0 radical (unpaired) electrons. The van der Waals surface area contributed by atoms with Crippen LogP contribution in [0.4, 0.5) is 0 Å². The zero-order chi connectivity index (χ0) is 16.3. The van der Waals surface area contributed by atoms with E-state index in [0.29, 0.717) is 6.54 Å². The number of aryl methyl sites for hydroxylation is 2. The Balaban J connectivity index is 2.17. The van der Waals surface area contributed by atoms with Crippen LogP contribution in [-0.2, 0) is 13.0 Å². The lowest BCUT2D eigenvalue weighted by molar-refractivity contribution is 0.0895. The third-order valence-corrected chi connectivity index (χ3v) is 4.66. The van der Waals surface area contributed by atoms with E-state index in [2.05, 4.69) is 36.1 Å². The van der Waals surface area contributed by atoms with Gasteiger partial charge >= 0.3 is 0 Å². The minimum atomic E-state index is -0.0496. The number of carbonyl (C=O) groups excluding carboxylic acids is 1. The van der Waals surface area contributed by atoms with E-state index in [1.807, 2.05) is 24.6 Å². The van der Waals surface area contributed by atoms with Gasteiger partial charge in [0.2, 0.25) is 0 Å². The fourth-order valence-electron chi connectivity index (χ4n) is 2.25. The minimum Gasteiger partial charge on any atom is -0.346 e. The van der Waals surface area contributed by atoms with Crippen molar-refractivity contribution >= 4 is 17.2 Å². The molecule has 5 nitrogen and oxygen atoms in total. The van der Waals surface area contributed by atoms with E-state index in [4.69, 9.17) is 0 Å². The molecule has 0 spiro atoms. The highest BCUT2D eigenvalue weighted by Crippen LogP contribution is 2.23. The third kappa shape index (κ3) is 3.94. The van der Waals surface area contributed by atoms with E-state index in [-0.39, 0.29) is 17.4 Å². The second-order valence-corrected chi connectivity index (χ2v) is 7.72. The van der Waals surface area contributed by atoms with Gasteiger partial charge in [-0.3, -0.25) is 4.79 Å². The average molecular weight is 320 g/mol. The average Bonchev–Trinajstić information content (AvgIpc) is 3.05. The van der Waals surface area contributed by atoms with Gasteiger partial charge in [-0.1, -0.05) is 27.7 Å². The van der Waals surface area contributed by atoms with Crippen LogP contribution in [0.1, 0.15) is 48.1 Å². The van der Waals surface area contributed by atoms with E-state index < -0.39 is 0 Å². The van der Waals surface area contributed by atoms with Crippen LogP contribution in [0.25, 0.3) is 0 Å². The Bertz CT molecular complexity index is 625. The fraction of sp³-hybridized carbons (Fsp3) is 0.562. The first-order chi connectivity index (χ1) is 10.3. The van der Waals surface area contributed by atoms with Crippen molar-refractivity contribution in [3.05, 3.63) is 34.3 Å². The Morgan fingerprint density at radius 2 is 2.18 bits per heavy atom. The first-order valence-corrected chi connectivity index (χ1v) is 8.35. The number of amides is 1. The van der Waals surface area contributed by atoms with Gasteiger partial charge < -0.3 is 9.88 Å². The molecule has 6 heteroatoms. The first-order valence-electron chi connectivity index (χ1n) is 7.54. The highest BCUT2D eigenvalue weighted by molar-refractivity contribution is 7.13. The smallest absolute Gasteiger partial charge is 0.263 e. The molecule has 2 aromatic heterocycles. The maximum Gasteiger partial charge on any atom is 0.263 e. The largest absolute Gasteiger partial charge is 0.346 e. The fourth-order valence-corrected chi connectivity index (χ4v) is 3.16. The molecule has 0 saturated heterocycles. The van der Waals surface area contributed by atoms with Crippen molar-refractivity contribution in [2.24, 2.45) is 5.41 Å². The van der Waals surface area contributed by atoms with Crippen LogP contribution in [0.2, 0.25) is 0 Å². The number of imidazole rings is 1. The van der Waals surface area contributed by atoms with Crippen LogP contribution in [-0.4, -0.2) is 26.5 Å². The predicted octanol–water partition coefficient (Wildman–Crippen LogP) is 3.06. The van der Waals surface area contributed by atoms with Crippen LogP contribution < -0.4 is 5.32 Å². The summed E-state index contributed by atoms with van der Waals surface area (Å²) in [5.41, 5.74) is 0.835. The molecular weight excluding hydrogens is 296 g/mol. The maximum absolute atomic E-state index is 12.7. The van der Waals surface area contributed by atoms with Crippen LogP contribution in [0, 0.1) is 12.3 Å². The van der Waals surface area contributed by atoms with Gasteiger partial charge in [-0.15, -0.1) is 11.3 Å². The normalized spacial score (nSPS) is 13.1. The summed E-state index contributed by atoms with van der Waals surface area (Å²) in [6.07, 6.45) is 6.22. The second kappa shape index (κ2) is 6.60. The molecular formula is C16H24N4OS. The van der Waals surface area contributed by atoms with Crippen molar-refractivity contribution in [2.75, 3.05) is 0 Å². The first kappa shape index (κ1) is 16.7. The highest BCUT2D eigenvalue weighted by atomic mass is 32.1. The zero-order valence-electron chi connectivity index (χ0n) is 13.9. The van der Waals surface area contributed by atoms with Gasteiger partial charge in [-0.2, -0.15) is 0 Å². The lowest BCUT2D eigenvalue weighted by atomic mass is 9.86. The van der Waals surface area contributed by atoms with Crippen molar-refractivity contribution in [1.82, 2.24) is 19.9 Å². The van der Waals surface area contributed by atoms with Crippen molar-refractivity contribution in [2.45, 2.75) is 53.6 Å². The van der Waals surface area contributed by atoms with Crippen molar-refractivity contribution in [3.63, 3.8) is 0 Å². The summed E-state index contributed by atoms with van der Waals surface area (Å²) in [5.74, 6) is -0.0255. The molecule has 1 unspecified atom stereocenters. The molecule has 0 aliphatic carbocycles. The van der Waals surface area contributed by atoms with Gasteiger partial charge in [0.05, 0.1) is 23.1 Å². The molecule has 2 aromatic rings. The SMILES string of the molecule is CCc1nc(C)sc1C(=O)NC(Cn1ccnc1)C(C)(C)C. The van der Waals surface area contributed by atoms with E-state index in [0.717, 1.165) is 22.0 Å². The van der Waals surface area contributed by atoms with Gasteiger partial charge in [0.15, 0.2) is 0 Å². The molecule has 1 atom stereocenters. The Kier molecular flexibility index (Phi) is 5.01. The van der Waals surface area contributed by atoms with Gasteiger partial charge in [-0.25, -0.2) is 9.97 Å². The molecule has 22 heavy (non-hydrogen) atoms. The molecule has 0 aliphatic heterocycles. The third-order valence-electron chi connectivity index (χ3n) is 3.65. The van der Waals surface area contributed by atoms with E-state index in [1.165, 1.54) is 11.3 Å². The molecule has 120 valence electrons. The summed E-state index contributed by atoms with van der Waals surface area (Å²) >= 11 is 1.47. The number of nitrogens with one attached hydrogen (secondary N) is 1. The molecule has 1 amide bonds. The molecule has 0 saturated carbocycles. The second-order valence-electron chi connectivity index (χ2n) is 6.51. The van der Waals surface area contributed by atoms with E-state index in [9.17, 15) is 4.79 Å². The van der Waals surface area contributed by atoms with Gasteiger partial charge in [0.25, 0.3) is 5.91 Å².